The van der Waals surface area contributed by atoms with Crippen molar-refractivity contribution in [1.29, 1.82) is 0 Å². The van der Waals surface area contributed by atoms with E-state index in [0.717, 1.165) is 22.4 Å². The fraction of sp³-hybridized carbons (Fsp3) is 0.400. The van der Waals surface area contributed by atoms with Crippen LogP contribution in [-0.4, -0.2) is 9.78 Å². The van der Waals surface area contributed by atoms with Crippen LogP contribution in [0.4, 0.5) is 5.69 Å². The van der Waals surface area contributed by atoms with E-state index in [-0.39, 0.29) is 6.04 Å². The van der Waals surface area contributed by atoms with Crippen molar-refractivity contribution in [2.24, 2.45) is 0 Å². The largest absolute Gasteiger partial charge is 0.378 e. The molecule has 1 aromatic carbocycles. The minimum Gasteiger partial charge on any atom is -0.378 e. The zero-order valence-corrected chi connectivity index (χ0v) is 13.5. The van der Waals surface area contributed by atoms with Crippen LogP contribution >= 0.6 is 15.9 Å². The van der Waals surface area contributed by atoms with Gasteiger partial charge in [-0.25, -0.2) is 0 Å². The molecular weight excluding hydrogens is 302 g/mol. The van der Waals surface area contributed by atoms with Gasteiger partial charge in [0, 0.05) is 28.0 Å². The number of anilines is 1. The molecule has 4 heteroatoms. The zero-order chi connectivity index (χ0) is 14.0. The SMILES string of the molecule is CCn1nc(C)c(C(C)Nc2cccc(Br)c2)c1C. The smallest absolute Gasteiger partial charge is 0.0649 e. The average molecular weight is 322 g/mol. The van der Waals surface area contributed by atoms with Crippen LogP contribution in [0.1, 0.15) is 36.8 Å². The zero-order valence-electron chi connectivity index (χ0n) is 11.9. The molecule has 1 N–H and O–H groups in total. The molecule has 2 rings (SSSR count). The molecular formula is C15H20BrN3. The van der Waals surface area contributed by atoms with Crippen molar-refractivity contribution in [3.8, 4) is 0 Å². The van der Waals surface area contributed by atoms with Gasteiger partial charge in [-0.15, -0.1) is 0 Å². The van der Waals surface area contributed by atoms with Crippen molar-refractivity contribution in [2.45, 2.75) is 40.3 Å². The molecule has 102 valence electrons. The number of nitrogens with zero attached hydrogens (tertiary/aromatic N) is 2. The molecule has 0 radical (unpaired) electrons. The van der Waals surface area contributed by atoms with Crippen LogP contribution in [0, 0.1) is 13.8 Å². The van der Waals surface area contributed by atoms with Gasteiger partial charge in [-0.2, -0.15) is 5.10 Å². The second-order valence-corrected chi connectivity index (χ2v) is 5.69. The van der Waals surface area contributed by atoms with E-state index >= 15 is 0 Å². The monoisotopic (exact) mass is 321 g/mol. The van der Waals surface area contributed by atoms with E-state index in [1.165, 1.54) is 11.3 Å². The second-order valence-electron chi connectivity index (χ2n) is 4.78. The van der Waals surface area contributed by atoms with Crippen molar-refractivity contribution in [2.75, 3.05) is 5.32 Å². The molecule has 0 amide bonds. The van der Waals surface area contributed by atoms with Gasteiger partial charge < -0.3 is 5.32 Å². The molecule has 19 heavy (non-hydrogen) atoms. The van der Waals surface area contributed by atoms with Crippen LogP contribution in [-0.2, 0) is 6.54 Å². The van der Waals surface area contributed by atoms with Gasteiger partial charge in [0.15, 0.2) is 0 Å². The average Bonchev–Trinajstić information content (AvgIpc) is 2.64. The van der Waals surface area contributed by atoms with Crippen LogP contribution in [0.25, 0.3) is 0 Å². The lowest BCUT2D eigenvalue weighted by atomic mass is 10.1. The van der Waals surface area contributed by atoms with Gasteiger partial charge in [-0.05, 0) is 45.9 Å². The lowest BCUT2D eigenvalue weighted by Gasteiger charge is -2.16. The number of halogens is 1. The van der Waals surface area contributed by atoms with E-state index in [4.69, 9.17) is 0 Å². The number of rotatable bonds is 4. The standard InChI is InChI=1S/C15H20BrN3/c1-5-19-12(4)15(11(3)18-19)10(2)17-14-8-6-7-13(16)9-14/h6-10,17H,5H2,1-4H3. The maximum Gasteiger partial charge on any atom is 0.0649 e. The normalized spacial score (nSPS) is 12.5. The molecule has 2 aromatic rings. The Morgan fingerprint density at radius 1 is 1.37 bits per heavy atom. The topological polar surface area (TPSA) is 29.9 Å². The summed E-state index contributed by atoms with van der Waals surface area (Å²) >= 11 is 3.50. The highest BCUT2D eigenvalue weighted by molar-refractivity contribution is 9.10. The molecule has 1 unspecified atom stereocenters. The quantitative estimate of drug-likeness (QED) is 0.901. The summed E-state index contributed by atoms with van der Waals surface area (Å²) in [5.74, 6) is 0. The number of hydrogen-bond acceptors (Lipinski definition) is 2. The third-order valence-electron chi connectivity index (χ3n) is 3.38. The third kappa shape index (κ3) is 3.00. The third-order valence-corrected chi connectivity index (χ3v) is 3.87. The van der Waals surface area contributed by atoms with Crippen LogP contribution in [0.3, 0.4) is 0 Å². The van der Waals surface area contributed by atoms with E-state index in [2.05, 4.69) is 70.9 Å². The van der Waals surface area contributed by atoms with Crippen molar-refractivity contribution in [3.05, 3.63) is 45.7 Å². The van der Waals surface area contributed by atoms with Crippen molar-refractivity contribution in [1.82, 2.24) is 9.78 Å². The molecule has 1 aromatic heterocycles. The molecule has 0 aliphatic carbocycles. The summed E-state index contributed by atoms with van der Waals surface area (Å²) in [5.41, 5.74) is 4.76. The van der Waals surface area contributed by atoms with Crippen LogP contribution in [0.5, 0.6) is 0 Å². The summed E-state index contributed by atoms with van der Waals surface area (Å²) in [5, 5.41) is 8.11. The van der Waals surface area contributed by atoms with Gasteiger partial charge >= 0.3 is 0 Å². The molecule has 0 saturated carbocycles. The molecule has 1 heterocycles. The van der Waals surface area contributed by atoms with E-state index in [1.54, 1.807) is 0 Å². The predicted octanol–water partition coefficient (Wildman–Crippen LogP) is 4.46. The van der Waals surface area contributed by atoms with Crippen molar-refractivity contribution < 1.29 is 0 Å². The van der Waals surface area contributed by atoms with Gasteiger partial charge in [0.2, 0.25) is 0 Å². The molecule has 1 atom stereocenters. The van der Waals surface area contributed by atoms with Crippen molar-refractivity contribution in [3.63, 3.8) is 0 Å². The van der Waals surface area contributed by atoms with Gasteiger partial charge in [0.25, 0.3) is 0 Å². The highest BCUT2D eigenvalue weighted by atomic mass is 79.9. The van der Waals surface area contributed by atoms with Gasteiger partial charge in [0.1, 0.15) is 0 Å². The highest BCUT2D eigenvalue weighted by Crippen LogP contribution is 2.26. The minimum atomic E-state index is 0.245. The Morgan fingerprint density at radius 2 is 2.11 bits per heavy atom. The first-order valence-electron chi connectivity index (χ1n) is 6.59. The predicted molar refractivity (Wildman–Crippen MR) is 83.6 cm³/mol. The molecule has 0 aliphatic heterocycles. The van der Waals surface area contributed by atoms with E-state index in [0.29, 0.717) is 0 Å². The van der Waals surface area contributed by atoms with Gasteiger partial charge in [-0.1, -0.05) is 22.0 Å². The Labute approximate surface area is 123 Å². The first-order valence-corrected chi connectivity index (χ1v) is 7.38. The Balaban J connectivity index is 2.25. The first-order chi connectivity index (χ1) is 9.02. The van der Waals surface area contributed by atoms with E-state index in [1.807, 2.05) is 12.1 Å². The minimum absolute atomic E-state index is 0.245. The fourth-order valence-corrected chi connectivity index (χ4v) is 2.94. The maximum absolute atomic E-state index is 4.58. The van der Waals surface area contributed by atoms with Gasteiger partial charge in [-0.3, -0.25) is 4.68 Å². The number of nitrogens with one attached hydrogen (secondary N) is 1. The van der Waals surface area contributed by atoms with Crippen molar-refractivity contribution >= 4 is 21.6 Å². The van der Waals surface area contributed by atoms with Crippen LogP contribution in [0.15, 0.2) is 28.7 Å². The summed E-state index contributed by atoms with van der Waals surface area (Å²) in [7, 11) is 0. The fourth-order valence-electron chi connectivity index (χ4n) is 2.55. The Kier molecular flexibility index (Phi) is 4.30. The van der Waals surface area contributed by atoms with E-state index in [9.17, 15) is 0 Å². The lowest BCUT2D eigenvalue weighted by Crippen LogP contribution is -2.09. The van der Waals surface area contributed by atoms with Crippen LogP contribution < -0.4 is 5.32 Å². The first kappa shape index (κ1) is 14.1. The van der Waals surface area contributed by atoms with Gasteiger partial charge in [0.05, 0.1) is 11.7 Å². The highest BCUT2D eigenvalue weighted by Gasteiger charge is 2.16. The molecule has 0 aliphatic rings. The molecule has 0 fully saturated rings. The van der Waals surface area contributed by atoms with E-state index < -0.39 is 0 Å². The lowest BCUT2D eigenvalue weighted by molar-refractivity contribution is 0.632. The number of aromatic nitrogens is 2. The maximum atomic E-state index is 4.58. The Morgan fingerprint density at radius 3 is 2.68 bits per heavy atom. The Hall–Kier alpha value is -1.29. The summed E-state index contributed by atoms with van der Waals surface area (Å²) < 4.78 is 3.14. The number of aryl methyl sites for hydroxylation is 2. The summed E-state index contributed by atoms with van der Waals surface area (Å²) in [6.07, 6.45) is 0. The molecule has 3 nitrogen and oxygen atoms in total. The Bertz CT molecular complexity index is 575. The summed E-state index contributed by atoms with van der Waals surface area (Å²) in [4.78, 5) is 0. The second kappa shape index (κ2) is 5.78. The number of hydrogen-bond donors (Lipinski definition) is 1. The molecule has 0 saturated heterocycles. The number of benzene rings is 1. The summed E-state index contributed by atoms with van der Waals surface area (Å²) in [6, 6.07) is 8.48. The van der Waals surface area contributed by atoms with Crippen LogP contribution in [0.2, 0.25) is 0 Å². The molecule has 0 spiro atoms. The summed E-state index contributed by atoms with van der Waals surface area (Å²) in [6.45, 7) is 9.43. The molecule has 0 bridgehead atoms.